The molecule has 0 spiro atoms. The first kappa shape index (κ1) is 14.0. The Hall–Kier alpha value is 0.432. The molecular formula is C5H12O5Pb. The first-order valence-electron chi connectivity index (χ1n) is 2.73. The molecule has 0 saturated heterocycles. The Morgan fingerprint density at radius 1 is 1.27 bits per heavy atom. The third-order valence-electron chi connectivity index (χ3n) is 1.07. The first-order valence-corrected chi connectivity index (χ1v) is 2.73. The SMILES string of the molecule is O=C[C@H](O)[C@@H](O)[C@H](O)CO.[PbH2]. The standard InChI is InChI=1S/C5H10O5.Pb.2H/c6-1-3(8)5(10)4(9)2-7;;;/h1,3-5,7-10H,2H2;;;/t3-,4+,5+;;;/m0.../s1. The molecule has 66 valence electrons. The van der Waals surface area contributed by atoms with Gasteiger partial charge in [0.15, 0.2) is 6.29 Å². The number of carbonyl (C=O) groups excluding carboxylic acids is 1. The molecule has 5 nitrogen and oxygen atoms in total. The molecular weight excluding hydrogens is 347 g/mol. The number of carbonyl (C=O) groups is 1. The van der Waals surface area contributed by atoms with E-state index < -0.39 is 24.9 Å². The summed E-state index contributed by atoms with van der Waals surface area (Å²) in [5.41, 5.74) is 0. The third kappa shape index (κ3) is 4.80. The predicted molar refractivity (Wildman–Crippen MR) is 39.7 cm³/mol. The molecule has 0 fully saturated rings. The average Bonchev–Trinajstić information content (AvgIpc) is 2.00. The van der Waals surface area contributed by atoms with Crippen molar-refractivity contribution < 1.29 is 25.2 Å². The van der Waals surface area contributed by atoms with E-state index >= 15 is 0 Å². The second-order valence-corrected chi connectivity index (χ2v) is 1.87. The Morgan fingerprint density at radius 3 is 2.00 bits per heavy atom. The molecule has 0 heterocycles. The maximum absolute atomic E-state index is 9.76. The summed E-state index contributed by atoms with van der Waals surface area (Å²) < 4.78 is 0. The molecule has 0 rings (SSSR count). The molecule has 6 heteroatoms. The fourth-order valence-electron chi connectivity index (χ4n) is 0.416. The van der Waals surface area contributed by atoms with Crippen LogP contribution in [0.25, 0.3) is 0 Å². The third-order valence-corrected chi connectivity index (χ3v) is 1.07. The van der Waals surface area contributed by atoms with Crippen LogP contribution in [-0.4, -0.2) is 78.9 Å². The van der Waals surface area contributed by atoms with Crippen LogP contribution < -0.4 is 0 Å². The fourth-order valence-corrected chi connectivity index (χ4v) is 0.416. The first-order chi connectivity index (χ1) is 4.63. The topological polar surface area (TPSA) is 98.0 Å². The monoisotopic (exact) mass is 360 g/mol. The number of hydrogen-bond acceptors (Lipinski definition) is 5. The van der Waals surface area contributed by atoms with E-state index in [2.05, 4.69) is 0 Å². The summed E-state index contributed by atoms with van der Waals surface area (Å²) in [6, 6.07) is 0. The van der Waals surface area contributed by atoms with Gasteiger partial charge < -0.3 is 25.2 Å². The van der Waals surface area contributed by atoms with Crippen molar-refractivity contribution in [3.63, 3.8) is 0 Å². The van der Waals surface area contributed by atoms with Crippen molar-refractivity contribution in [1.29, 1.82) is 0 Å². The number of aliphatic hydroxyl groups is 4. The van der Waals surface area contributed by atoms with E-state index in [-0.39, 0.29) is 33.6 Å². The summed E-state index contributed by atoms with van der Waals surface area (Å²) in [7, 11) is 0. The van der Waals surface area contributed by atoms with Gasteiger partial charge in [0.1, 0.15) is 18.3 Å². The molecule has 0 aliphatic carbocycles. The van der Waals surface area contributed by atoms with Gasteiger partial charge >= 0.3 is 27.3 Å². The van der Waals surface area contributed by atoms with Crippen LogP contribution in [0.15, 0.2) is 0 Å². The summed E-state index contributed by atoms with van der Waals surface area (Å²) in [6.07, 6.45) is -4.63. The molecule has 3 atom stereocenters. The van der Waals surface area contributed by atoms with E-state index in [0.29, 0.717) is 0 Å². The van der Waals surface area contributed by atoms with E-state index in [4.69, 9.17) is 20.4 Å². The van der Waals surface area contributed by atoms with Gasteiger partial charge in [0.2, 0.25) is 0 Å². The molecule has 0 bridgehead atoms. The Labute approximate surface area is 83.8 Å². The van der Waals surface area contributed by atoms with Crippen molar-refractivity contribution >= 4 is 33.6 Å². The second kappa shape index (κ2) is 7.10. The summed E-state index contributed by atoms with van der Waals surface area (Å²) in [5.74, 6) is 0. The van der Waals surface area contributed by atoms with Gasteiger partial charge in [0, 0.05) is 0 Å². The Balaban J connectivity index is 0. The Morgan fingerprint density at radius 2 is 1.73 bits per heavy atom. The fraction of sp³-hybridized carbons (Fsp3) is 0.800. The van der Waals surface area contributed by atoms with Crippen molar-refractivity contribution in [2.75, 3.05) is 6.61 Å². The zero-order chi connectivity index (χ0) is 8.15. The maximum atomic E-state index is 9.76. The van der Waals surface area contributed by atoms with Crippen LogP contribution in [0.3, 0.4) is 0 Å². The molecule has 0 aliphatic rings. The van der Waals surface area contributed by atoms with Crippen molar-refractivity contribution in [3.8, 4) is 0 Å². The molecule has 11 heavy (non-hydrogen) atoms. The minimum atomic E-state index is -1.64. The molecule has 0 aromatic heterocycles. The van der Waals surface area contributed by atoms with Gasteiger partial charge in [-0.15, -0.1) is 0 Å². The average molecular weight is 359 g/mol. The Kier molecular flexibility index (Phi) is 9.03. The molecule has 0 aromatic carbocycles. The molecule has 2 radical (unpaired) electrons. The summed E-state index contributed by atoms with van der Waals surface area (Å²) in [5, 5.41) is 34.1. The number of aldehydes is 1. The van der Waals surface area contributed by atoms with Gasteiger partial charge in [0.25, 0.3) is 0 Å². The zero-order valence-corrected chi connectivity index (χ0v) is 11.4. The van der Waals surface area contributed by atoms with Gasteiger partial charge in [-0.05, 0) is 0 Å². The Bertz CT molecular complexity index is 109. The van der Waals surface area contributed by atoms with Crippen LogP contribution in [0.1, 0.15) is 0 Å². The molecule has 0 amide bonds. The zero-order valence-electron chi connectivity index (χ0n) is 5.92. The molecule has 0 saturated carbocycles. The normalized spacial score (nSPS) is 17.8. The van der Waals surface area contributed by atoms with Gasteiger partial charge in [-0.3, -0.25) is 0 Å². The molecule has 0 unspecified atom stereocenters. The molecule has 4 N–H and O–H groups in total. The van der Waals surface area contributed by atoms with Crippen molar-refractivity contribution in [1.82, 2.24) is 0 Å². The van der Waals surface area contributed by atoms with Crippen LogP contribution in [-0.2, 0) is 4.79 Å². The van der Waals surface area contributed by atoms with Crippen molar-refractivity contribution in [2.45, 2.75) is 18.3 Å². The van der Waals surface area contributed by atoms with E-state index in [0.717, 1.165) is 0 Å². The van der Waals surface area contributed by atoms with Crippen molar-refractivity contribution in [2.24, 2.45) is 0 Å². The van der Waals surface area contributed by atoms with E-state index in [1.165, 1.54) is 0 Å². The van der Waals surface area contributed by atoms with Crippen LogP contribution in [0, 0.1) is 0 Å². The summed E-state index contributed by atoms with van der Waals surface area (Å²) >= 11 is 0. The van der Waals surface area contributed by atoms with E-state index in [9.17, 15) is 4.79 Å². The van der Waals surface area contributed by atoms with Crippen molar-refractivity contribution in [3.05, 3.63) is 0 Å². The molecule has 0 aliphatic heterocycles. The number of aliphatic hydroxyl groups excluding tert-OH is 4. The second-order valence-electron chi connectivity index (χ2n) is 1.87. The van der Waals surface area contributed by atoms with E-state index in [1.54, 1.807) is 0 Å². The van der Waals surface area contributed by atoms with Crippen LogP contribution in [0.4, 0.5) is 0 Å². The predicted octanol–water partition coefficient (Wildman–Crippen LogP) is -3.66. The van der Waals surface area contributed by atoms with Crippen LogP contribution in [0.5, 0.6) is 0 Å². The summed E-state index contributed by atoms with van der Waals surface area (Å²) in [4.78, 5) is 9.76. The number of hydrogen-bond donors (Lipinski definition) is 4. The van der Waals surface area contributed by atoms with Gasteiger partial charge in [-0.25, -0.2) is 0 Å². The van der Waals surface area contributed by atoms with Gasteiger partial charge in [0.05, 0.1) is 6.61 Å². The van der Waals surface area contributed by atoms with Gasteiger partial charge in [-0.1, -0.05) is 0 Å². The summed E-state index contributed by atoms with van der Waals surface area (Å²) in [6.45, 7) is -0.688. The van der Waals surface area contributed by atoms with Crippen LogP contribution >= 0.6 is 0 Å². The quantitative estimate of drug-likeness (QED) is 0.307. The van der Waals surface area contributed by atoms with Crippen LogP contribution in [0.2, 0.25) is 0 Å². The van der Waals surface area contributed by atoms with Gasteiger partial charge in [-0.2, -0.15) is 0 Å². The minimum absolute atomic E-state index is 0. The number of rotatable bonds is 4. The molecule has 0 aromatic rings. The van der Waals surface area contributed by atoms with E-state index in [1.807, 2.05) is 0 Å².